The number of aromatic nitrogens is 2. The number of aryl methyl sites for hydroxylation is 2. The molecule has 1 rings (SSSR count). The smallest absolute Gasteiger partial charge is 0.0624 e. The lowest BCUT2D eigenvalue weighted by molar-refractivity contribution is 0.365. The van der Waals surface area contributed by atoms with E-state index >= 15 is 0 Å². The van der Waals surface area contributed by atoms with Gasteiger partial charge in [-0.3, -0.25) is 4.68 Å². The van der Waals surface area contributed by atoms with E-state index in [4.69, 9.17) is 0 Å². The number of rotatable bonds is 7. The number of nitrogens with one attached hydrogen (secondary N) is 1. The molecule has 2 atom stereocenters. The van der Waals surface area contributed by atoms with Crippen molar-refractivity contribution < 1.29 is 0 Å². The lowest BCUT2D eigenvalue weighted by atomic mass is 9.91. The van der Waals surface area contributed by atoms with Crippen LogP contribution in [0.1, 0.15) is 39.1 Å². The highest BCUT2D eigenvalue weighted by atomic mass is 15.3. The molecule has 0 spiro atoms. The first kappa shape index (κ1) is 14.2. The first-order valence-corrected chi connectivity index (χ1v) is 6.82. The molecule has 0 radical (unpaired) electrons. The summed E-state index contributed by atoms with van der Waals surface area (Å²) in [6.07, 6.45) is 2.16. The van der Waals surface area contributed by atoms with Crippen molar-refractivity contribution in [1.82, 2.24) is 15.1 Å². The maximum absolute atomic E-state index is 4.61. The Morgan fingerprint density at radius 1 is 1.29 bits per heavy atom. The van der Waals surface area contributed by atoms with Crippen LogP contribution in [-0.2, 0) is 19.4 Å². The molecule has 1 N–H and O–H groups in total. The molecule has 0 aliphatic rings. The third kappa shape index (κ3) is 3.84. The van der Waals surface area contributed by atoms with Crippen LogP contribution in [0.5, 0.6) is 0 Å². The Labute approximate surface area is 106 Å². The highest BCUT2D eigenvalue weighted by Gasteiger charge is 2.15. The molecule has 2 unspecified atom stereocenters. The molecule has 1 heterocycles. The SMILES string of the molecule is CCc1cc(CC(C)C(C)CNC)n(CC)n1. The molecule has 3 heteroatoms. The van der Waals surface area contributed by atoms with Crippen LogP contribution in [0.3, 0.4) is 0 Å². The zero-order valence-electron chi connectivity index (χ0n) is 12.0. The van der Waals surface area contributed by atoms with E-state index in [-0.39, 0.29) is 0 Å². The van der Waals surface area contributed by atoms with Gasteiger partial charge in [-0.25, -0.2) is 0 Å². The summed E-state index contributed by atoms with van der Waals surface area (Å²) < 4.78 is 2.15. The van der Waals surface area contributed by atoms with Crippen LogP contribution in [-0.4, -0.2) is 23.4 Å². The molecule has 3 nitrogen and oxygen atoms in total. The molecular formula is C14H27N3. The van der Waals surface area contributed by atoms with Gasteiger partial charge >= 0.3 is 0 Å². The molecule has 0 aliphatic carbocycles. The van der Waals surface area contributed by atoms with Crippen molar-refractivity contribution in [3.8, 4) is 0 Å². The Morgan fingerprint density at radius 3 is 2.53 bits per heavy atom. The fourth-order valence-corrected chi connectivity index (χ4v) is 2.18. The van der Waals surface area contributed by atoms with E-state index in [1.165, 1.54) is 11.4 Å². The Balaban J connectivity index is 2.69. The summed E-state index contributed by atoms with van der Waals surface area (Å²) in [5.74, 6) is 1.39. The molecule has 1 aromatic rings. The van der Waals surface area contributed by atoms with E-state index in [1.54, 1.807) is 0 Å². The highest BCUT2D eigenvalue weighted by Crippen LogP contribution is 2.17. The predicted octanol–water partition coefficient (Wildman–Crippen LogP) is 2.50. The van der Waals surface area contributed by atoms with Gasteiger partial charge in [-0.15, -0.1) is 0 Å². The van der Waals surface area contributed by atoms with Crippen molar-refractivity contribution in [1.29, 1.82) is 0 Å². The molecular weight excluding hydrogens is 210 g/mol. The van der Waals surface area contributed by atoms with Crippen LogP contribution in [0.15, 0.2) is 6.07 Å². The number of nitrogens with zero attached hydrogens (tertiary/aromatic N) is 2. The molecule has 0 bridgehead atoms. The molecule has 1 aromatic heterocycles. The third-order valence-corrected chi connectivity index (χ3v) is 3.60. The van der Waals surface area contributed by atoms with Crippen molar-refractivity contribution in [2.24, 2.45) is 11.8 Å². The van der Waals surface area contributed by atoms with Gasteiger partial charge in [0, 0.05) is 12.2 Å². The lowest BCUT2D eigenvalue weighted by Crippen LogP contribution is -2.23. The van der Waals surface area contributed by atoms with Crippen LogP contribution in [0.2, 0.25) is 0 Å². The van der Waals surface area contributed by atoms with Crippen molar-refractivity contribution >= 4 is 0 Å². The fraction of sp³-hybridized carbons (Fsp3) is 0.786. The minimum absolute atomic E-state index is 0.689. The van der Waals surface area contributed by atoms with Gasteiger partial charge in [0.25, 0.3) is 0 Å². The van der Waals surface area contributed by atoms with E-state index < -0.39 is 0 Å². The molecule has 0 aromatic carbocycles. The fourth-order valence-electron chi connectivity index (χ4n) is 2.18. The van der Waals surface area contributed by atoms with Crippen LogP contribution in [0.4, 0.5) is 0 Å². The largest absolute Gasteiger partial charge is 0.319 e. The Morgan fingerprint density at radius 2 is 2.00 bits per heavy atom. The van der Waals surface area contributed by atoms with Gasteiger partial charge in [-0.2, -0.15) is 5.10 Å². The molecule has 0 aliphatic heterocycles. The summed E-state index contributed by atoms with van der Waals surface area (Å²) in [5, 5.41) is 7.86. The van der Waals surface area contributed by atoms with Crippen LogP contribution < -0.4 is 5.32 Å². The molecule has 0 fully saturated rings. The number of hydrogen-bond donors (Lipinski definition) is 1. The van der Waals surface area contributed by atoms with E-state index in [0.717, 1.165) is 25.9 Å². The molecule has 0 amide bonds. The quantitative estimate of drug-likeness (QED) is 0.789. The third-order valence-electron chi connectivity index (χ3n) is 3.60. The maximum atomic E-state index is 4.61. The normalized spacial score (nSPS) is 14.9. The number of hydrogen-bond acceptors (Lipinski definition) is 2. The molecule has 0 saturated carbocycles. The maximum Gasteiger partial charge on any atom is 0.0624 e. The second-order valence-corrected chi connectivity index (χ2v) is 5.01. The monoisotopic (exact) mass is 237 g/mol. The standard InChI is InChI=1S/C14H27N3/c1-6-13-9-14(17(7-2)16-13)8-11(3)12(4)10-15-5/h9,11-12,15H,6-8,10H2,1-5H3. The van der Waals surface area contributed by atoms with Gasteiger partial charge in [0.1, 0.15) is 0 Å². The zero-order chi connectivity index (χ0) is 12.8. The summed E-state index contributed by atoms with van der Waals surface area (Å²) in [6.45, 7) is 11.0. The molecule has 98 valence electrons. The first-order chi connectivity index (χ1) is 8.12. The van der Waals surface area contributed by atoms with E-state index in [9.17, 15) is 0 Å². The predicted molar refractivity (Wildman–Crippen MR) is 73.2 cm³/mol. The van der Waals surface area contributed by atoms with Crippen LogP contribution >= 0.6 is 0 Å². The van der Waals surface area contributed by atoms with E-state index in [2.05, 4.69) is 48.9 Å². The van der Waals surface area contributed by atoms with Crippen molar-refractivity contribution in [2.45, 2.75) is 47.1 Å². The van der Waals surface area contributed by atoms with Crippen molar-refractivity contribution in [3.05, 3.63) is 17.5 Å². The zero-order valence-corrected chi connectivity index (χ0v) is 12.0. The summed E-state index contributed by atoms with van der Waals surface area (Å²) in [6, 6.07) is 2.27. The summed E-state index contributed by atoms with van der Waals surface area (Å²) in [4.78, 5) is 0. The van der Waals surface area contributed by atoms with E-state index in [1.807, 2.05) is 7.05 Å². The van der Waals surface area contributed by atoms with Gasteiger partial charge in [0.15, 0.2) is 0 Å². The van der Waals surface area contributed by atoms with Crippen molar-refractivity contribution in [2.75, 3.05) is 13.6 Å². The van der Waals surface area contributed by atoms with Crippen LogP contribution in [0.25, 0.3) is 0 Å². The minimum atomic E-state index is 0.689. The summed E-state index contributed by atoms with van der Waals surface area (Å²) >= 11 is 0. The van der Waals surface area contributed by atoms with Gasteiger partial charge in [0.05, 0.1) is 5.69 Å². The summed E-state index contributed by atoms with van der Waals surface area (Å²) in [7, 11) is 2.02. The highest BCUT2D eigenvalue weighted by molar-refractivity contribution is 5.11. The topological polar surface area (TPSA) is 29.9 Å². The molecule has 0 saturated heterocycles. The van der Waals surface area contributed by atoms with Gasteiger partial charge in [-0.1, -0.05) is 20.8 Å². The lowest BCUT2D eigenvalue weighted by Gasteiger charge is -2.19. The second-order valence-electron chi connectivity index (χ2n) is 5.01. The first-order valence-electron chi connectivity index (χ1n) is 6.82. The summed E-state index contributed by atoms with van der Waals surface area (Å²) in [5.41, 5.74) is 2.61. The molecule has 17 heavy (non-hydrogen) atoms. The van der Waals surface area contributed by atoms with Gasteiger partial charge in [0.2, 0.25) is 0 Å². The van der Waals surface area contributed by atoms with E-state index in [0.29, 0.717) is 11.8 Å². The second kappa shape index (κ2) is 6.80. The average Bonchev–Trinajstić information content (AvgIpc) is 2.71. The minimum Gasteiger partial charge on any atom is -0.319 e. The van der Waals surface area contributed by atoms with Crippen LogP contribution in [0, 0.1) is 11.8 Å². The Hall–Kier alpha value is -0.830. The van der Waals surface area contributed by atoms with Gasteiger partial charge < -0.3 is 5.32 Å². The Kier molecular flexibility index (Phi) is 5.69. The van der Waals surface area contributed by atoms with Crippen molar-refractivity contribution in [3.63, 3.8) is 0 Å². The van der Waals surface area contributed by atoms with Gasteiger partial charge in [-0.05, 0) is 51.3 Å². The average molecular weight is 237 g/mol. The Bertz CT molecular complexity index is 330.